The summed E-state index contributed by atoms with van der Waals surface area (Å²) in [7, 11) is 0. The predicted octanol–water partition coefficient (Wildman–Crippen LogP) is 4.51. The highest BCUT2D eigenvalue weighted by Crippen LogP contribution is 2.27. The second kappa shape index (κ2) is 7.94. The Balaban J connectivity index is 2.10. The van der Waals surface area contributed by atoms with Crippen LogP contribution in [0.15, 0.2) is 30.4 Å². The summed E-state index contributed by atoms with van der Waals surface area (Å²) in [6.07, 6.45) is 3.96. The van der Waals surface area contributed by atoms with Gasteiger partial charge in [0.15, 0.2) is 11.5 Å². The van der Waals surface area contributed by atoms with Crippen molar-refractivity contribution in [2.75, 3.05) is 29.5 Å². The molecule has 0 saturated carbocycles. The Morgan fingerprint density at radius 2 is 2.10 bits per heavy atom. The zero-order chi connectivity index (χ0) is 15.2. The quantitative estimate of drug-likeness (QED) is 0.637. The molecule has 0 N–H and O–H groups in total. The van der Waals surface area contributed by atoms with Gasteiger partial charge in [0.05, 0.1) is 10.5 Å². The van der Waals surface area contributed by atoms with Gasteiger partial charge in [0.1, 0.15) is 6.26 Å². The van der Waals surface area contributed by atoms with Gasteiger partial charge in [-0.05, 0) is 35.0 Å². The van der Waals surface area contributed by atoms with Gasteiger partial charge in [0, 0.05) is 18.8 Å². The maximum atomic E-state index is 12.0. The molecule has 116 valence electrons. The molecular weight excluding hydrogens is 354 g/mol. The number of hydrogen-bond acceptors (Lipinski definition) is 5. The molecule has 0 aromatic carbocycles. The SMILES string of the molecule is CCCCSCCN(CC)c1cc(=O)c2occ(Br)c2o1. The molecule has 0 amide bonds. The molecule has 2 heterocycles. The number of unbranched alkanes of at least 4 members (excludes halogenated alkanes) is 1. The molecule has 0 spiro atoms. The van der Waals surface area contributed by atoms with Crippen molar-refractivity contribution in [3.8, 4) is 0 Å². The number of nitrogens with zero attached hydrogens (tertiary/aromatic N) is 1. The number of halogens is 1. The second-order valence-electron chi connectivity index (χ2n) is 4.74. The van der Waals surface area contributed by atoms with E-state index in [1.54, 1.807) is 0 Å². The van der Waals surface area contributed by atoms with Crippen molar-refractivity contribution < 1.29 is 8.83 Å². The molecule has 0 aliphatic heterocycles. The Hall–Kier alpha value is -0.880. The van der Waals surface area contributed by atoms with E-state index in [1.807, 2.05) is 11.8 Å². The van der Waals surface area contributed by atoms with Crippen molar-refractivity contribution in [3.63, 3.8) is 0 Å². The molecule has 0 fully saturated rings. The first-order valence-corrected chi connectivity index (χ1v) is 9.15. The third kappa shape index (κ3) is 4.07. The van der Waals surface area contributed by atoms with E-state index in [-0.39, 0.29) is 11.0 Å². The first-order chi connectivity index (χ1) is 10.2. The molecular formula is C15H20BrNO3S. The lowest BCUT2D eigenvalue weighted by Crippen LogP contribution is -2.26. The Labute approximate surface area is 137 Å². The molecule has 2 rings (SSSR count). The van der Waals surface area contributed by atoms with Crippen LogP contribution in [0.25, 0.3) is 11.2 Å². The summed E-state index contributed by atoms with van der Waals surface area (Å²) in [5.74, 6) is 2.82. The largest absolute Gasteiger partial charge is 0.456 e. The van der Waals surface area contributed by atoms with E-state index in [0.29, 0.717) is 15.9 Å². The minimum atomic E-state index is -0.144. The smallest absolute Gasteiger partial charge is 0.230 e. The fourth-order valence-electron chi connectivity index (χ4n) is 2.01. The van der Waals surface area contributed by atoms with E-state index in [1.165, 1.54) is 30.9 Å². The zero-order valence-electron chi connectivity index (χ0n) is 12.4. The maximum Gasteiger partial charge on any atom is 0.230 e. The number of thioether (sulfide) groups is 1. The fourth-order valence-corrected chi connectivity index (χ4v) is 3.41. The molecule has 0 saturated heterocycles. The third-order valence-electron chi connectivity index (χ3n) is 3.23. The summed E-state index contributed by atoms with van der Waals surface area (Å²) < 4.78 is 11.7. The minimum Gasteiger partial charge on any atom is -0.456 e. The van der Waals surface area contributed by atoms with E-state index in [4.69, 9.17) is 8.83 Å². The monoisotopic (exact) mass is 373 g/mol. The molecule has 0 bridgehead atoms. The van der Waals surface area contributed by atoms with Crippen molar-refractivity contribution >= 4 is 44.7 Å². The van der Waals surface area contributed by atoms with Gasteiger partial charge < -0.3 is 13.7 Å². The summed E-state index contributed by atoms with van der Waals surface area (Å²) in [4.78, 5) is 14.1. The van der Waals surface area contributed by atoms with Gasteiger partial charge in [0.25, 0.3) is 0 Å². The van der Waals surface area contributed by atoms with Crippen LogP contribution in [0.3, 0.4) is 0 Å². The van der Waals surface area contributed by atoms with Gasteiger partial charge in [-0.3, -0.25) is 4.79 Å². The number of rotatable bonds is 8. The van der Waals surface area contributed by atoms with E-state index in [2.05, 4.69) is 34.7 Å². The van der Waals surface area contributed by atoms with Crippen molar-refractivity contribution in [2.24, 2.45) is 0 Å². The van der Waals surface area contributed by atoms with Gasteiger partial charge in [0.2, 0.25) is 11.0 Å². The molecule has 0 aliphatic rings. The highest BCUT2D eigenvalue weighted by molar-refractivity contribution is 9.10. The lowest BCUT2D eigenvalue weighted by Gasteiger charge is -2.20. The fraction of sp³-hybridized carbons (Fsp3) is 0.533. The summed E-state index contributed by atoms with van der Waals surface area (Å²) in [5.41, 5.74) is 0.600. The summed E-state index contributed by atoms with van der Waals surface area (Å²) in [6.45, 7) is 5.93. The van der Waals surface area contributed by atoms with Crippen LogP contribution in [0, 0.1) is 0 Å². The second-order valence-corrected chi connectivity index (χ2v) is 6.82. The molecule has 0 unspecified atom stereocenters. The van der Waals surface area contributed by atoms with E-state index in [0.717, 1.165) is 18.8 Å². The third-order valence-corrected chi connectivity index (χ3v) is 4.83. The maximum absolute atomic E-state index is 12.0. The Kier molecular flexibility index (Phi) is 6.23. The van der Waals surface area contributed by atoms with Gasteiger partial charge in [-0.15, -0.1) is 0 Å². The van der Waals surface area contributed by atoms with E-state index < -0.39 is 0 Å². The lowest BCUT2D eigenvalue weighted by molar-refractivity contribution is 0.564. The normalized spacial score (nSPS) is 11.2. The average Bonchev–Trinajstić information content (AvgIpc) is 2.85. The van der Waals surface area contributed by atoms with Crippen molar-refractivity contribution in [2.45, 2.75) is 26.7 Å². The first kappa shape index (κ1) is 16.5. The van der Waals surface area contributed by atoms with E-state index >= 15 is 0 Å². The van der Waals surface area contributed by atoms with Crippen molar-refractivity contribution in [3.05, 3.63) is 27.0 Å². The van der Waals surface area contributed by atoms with Crippen LogP contribution >= 0.6 is 27.7 Å². The van der Waals surface area contributed by atoms with Crippen LogP contribution in [0.2, 0.25) is 0 Å². The van der Waals surface area contributed by atoms with Gasteiger partial charge >= 0.3 is 0 Å². The van der Waals surface area contributed by atoms with Gasteiger partial charge in [-0.25, -0.2) is 0 Å². The first-order valence-electron chi connectivity index (χ1n) is 7.20. The van der Waals surface area contributed by atoms with Crippen LogP contribution in [0.5, 0.6) is 0 Å². The standard InChI is InChI=1S/C15H20BrNO3S/c1-3-5-7-21-8-6-17(4-2)13-9-12(18)15-14(20-13)11(16)10-19-15/h9-10H,3-8H2,1-2H3. The van der Waals surface area contributed by atoms with Crippen LogP contribution in [-0.4, -0.2) is 24.6 Å². The Morgan fingerprint density at radius 3 is 2.81 bits per heavy atom. The van der Waals surface area contributed by atoms with Gasteiger partial charge in [-0.1, -0.05) is 13.3 Å². The molecule has 21 heavy (non-hydrogen) atoms. The molecule has 0 atom stereocenters. The molecule has 6 heteroatoms. The number of furan rings is 1. The van der Waals surface area contributed by atoms with Crippen LogP contribution in [0.4, 0.5) is 5.88 Å². The highest BCUT2D eigenvalue weighted by Gasteiger charge is 2.15. The Bertz CT molecular complexity index is 637. The van der Waals surface area contributed by atoms with Crippen molar-refractivity contribution in [1.82, 2.24) is 0 Å². The summed E-state index contributed by atoms with van der Waals surface area (Å²) in [5, 5.41) is 0. The number of fused-ring (bicyclic) bond motifs is 1. The number of hydrogen-bond donors (Lipinski definition) is 0. The van der Waals surface area contributed by atoms with Crippen LogP contribution in [-0.2, 0) is 0 Å². The average molecular weight is 374 g/mol. The van der Waals surface area contributed by atoms with Crippen LogP contribution in [0.1, 0.15) is 26.7 Å². The summed E-state index contributed by atoms with van der Waals surface area (Å²) >= 11 is 5.28. The summed E-state index contributed by atoms with van der Waals surface area (Å²) in [6, 6.07) is 1.51. The van der Waals surface area contributed by atoms with E-state index in [9.17, 15) is 4.79 Å². The molecule has 2 aromatic rings. The van der Waals surface area contributed by atoms with Crippen molar-refractivity contribution in [1.29, 1.82) is 0 Å². The molecule has 0 radical (unpaired) electrons. The van der Waals surface area contributed by atoms with Gasteiger partial charge in [-0.2, -0.15) is 11.8 Å². The zero-order valence-corrected chi connectivity index (χ0v) is 14.8. The molecule has 2 aromatic heterocycles. The highest BCUT2D eigenvalue weighted by atomic mass is 79.9. The lowest BCUT2D eigenvalue weighted by atomic mass is 10.4. The topological polar surface area (TPSA) is 46.6 Å². The predicted molar refractivity (Wildman–Crippen MR) is 92.6 cm³/mol. The Morgan fingerprint density at radius 1 is 1.29 bits per heavy atom. The minimum absolute atomic E-state index is 0.144. The number of anilines is 1. The molecule has 4 nitrogen and oxygen atoms in total. The van der Waals surface area contributed by atoms with Crippen LogP contribution < -0.4 is 10.3 Å². The molecule has 0 aliphatic carbocycles.